The smallest absolute Gasteiger partial charge is 0.329 e. The van der Waals surface area contributed by atoms with Crippen LogP contribution in [0.15, 0.2) is 21.1 Å². The Bertz CT molecular complexity index is 453. The highest BCUT2D eigenvalue weighted by molar-refractivity contribution is 9.11. The predicted octanol–water partition coefficient (Wildman–Crippen LogP) is 2.56. The largest absolute Gasteiger partial charge is 0.480 e. The van der Waals surface area contributed by atoms with Crippen molar-refractivity contribution >= 4 is 49.4 Å². The summed E-state index contributed by atoms with van der Waals surface area (Å²) in [7, 11) is 0. The van der Waals surface area contributed by atoms with E-state index in [2.05, 4.69) is 37.2 Å². The molecule has 0 unspecified atom stereocenters. The Labute approximate surface area is 121 Å². The molecule has 1 aromatic rings. The molecule has 0 aliphatic carbocycles. The molecule has 1 rings (SSSR count). The van der Waals surface area contributed by atoms with Crippen LogP contribution >= 0.6 is 31.9 Å². The third-order valence-corrected chi connectivity index (χ3v) is 3.16. The van der Waals surface area contributed by atoms with E-state index in [0.717, 1.165) is 14.5 Å². The number of benzene rings is 1. The standard InChI is InChI=1S/C11H11Br2NO4/c1-6-2-7(12)11(8(13)3-6)14-9(15)4-18-5-10(16)17/h2-3H,4-5H2,1H3,(H,14,15)(H,16,17). The molecule has 1 aromatic carbocycles. The first-order valence-electron chi connectivity index (χ1n) is 4.95. The second-order valence-corrected chi connectivity index (χ2v) is 5.25. The molecule has 0 saturated heterocycles. The first kappa shape index (κ1) is 15.1. The minimum atomic E-state index is -1.11. The number of carboxylic acids is 1. The van der Waals surface area contributed by atoms with E-state index in [1.54, 1.807) is 0 Å². The second-order valence-electron chi connectivity index (χ2n) is 3.54. The fourth-order valence-corrected chi connectivity index (χ4v) is 2.84. The number of hydrogen-bond acceptors (Lipinski definition) is 3. The van der Waals surface area contributed by atoms with Crippen LogP contribution in [-0.2, 0) is 14.3 Å². The lowest BCUT2D eigenvalue weighted by atomic mass is 10.2. The minimum absolute atomic E-state index is 0.306. The van der Waals surface area contributed by atoms with Crippen LogP contribution in [0.5, 0.6) is 0 Å². The average molecular weight is 381 g/mol. The number of aryl methyl sites for hydroxylation is 1. The van der Waals surface area contributed by atoms with Crippen LogP contribution in [-0.4, -0.2) is 30.2 Å². The van der Waals surface area contributed by atoms with Crippen molar-refractivity contribution in [2.24, 2.45) is 0 Å². The van der Waals surface area contributed by atoms with E-state index in [0.29, 0.717) is 5.69 Å². The number of halogens is 2. The molecular weight excluding hydrogens is 370 g/mol. The molecule has 0 aromatic heterocycles. The molecule has 7 heteroatoms. The topological polar surface area (TPSA) is 75.6 Å². The van der Waals surface area contributed by atoms with E-state index >= 15 is 0 Å². The quantitative estimate of drug-likeness (QED) is 0.823. The van der Waals surface area contributed by atoms with Crippen LogP contribution in [0.2, 0.25) is 0 Å². The van der Waals surface area contributed by atoms with Gasteiger partial charge in [0, 0.05) is 8.95 Å². The molecule has 5 nitrogen and oxygen atoms in total. The molecule has 2 N–H and O–H groups in total. The van der Waals surface area contributed by atoms with Crippen molar-refractivity contribution in [2.75, 3.05) is 18.5 Å². The molecule has 18 heavy (non-hydrogen) atoms. The fraction of sp³-hybridized carbons (Fsp3) is 0.273. The van der Waals surface area contributed by atoms with Gasteiger partial charge in [-0.25, -0.2) is 4.79 Å². The predicted molar refractivity (Wildman–Crippen MR) is 73.7 cm³/mol. The molecule has 1 amide bonds. The lowest BCUT2D eigenvalue weighted by molar-refractivity contribution is -0.143. The van der Waals surface area contributed by atoms with Crippen molar-refractivity contribution in [1.29, 1.82) is 0 Å². The SMILES string of the molecule is Cc1cc(Br)c(NC(=O)COCC(=O)O)c(Br)c1. The van der Waals surface area contributed by atoms with Crippen LogP contribution < -0.4 is 5.32 Å². The van der Waals surface area contributed by atoms with Gasteiger partial charge >= 0.3 is 5.97 Å². The lowest BCUT2D eigenvalue weighted by Crippen LogP contribution is -2.21. The summed E-state index contributed by atoms with van der Waals surface area (Å²) in [4.78, 5) is 21.7. The Morgan fingerprint density at radius 2 is 1.83 bits per heavy atom. The van der Waals surface area contributed by atoms with Crippen molar-refractivity contribution < 1.29 is 19.4 Å². The molecule has 0 fully saturated rings. The van der Waals surface area contributed by atoms with Crippen LogP contribution in [0.25, 0.3) is 0 Å². The first-order chi connectivity index (χ1) is 8.40. The number of rotatable bonds is 5. The zero-order valence-electron chi connectivity index (χ0n) is 9.50. The minimum Gasteiger partial charge on any atom is -0.480 e. The van der Waals surface area contributed by atoms with Gasteiger partial charge in [-0.05, 0) is 56.5 Å². The highest BCUT2D eigenvalue weighted by Crippen LogP contribution is 2.32. The molecule has 0 atom stereocenters. The van der Waals surface area contributed by atoms with Gasteiger partial charge < -0.3 is 15.2 Å². The summed E-state index contributed by atoms with van der Waals surface area (Å²) < 4.78 is 6.16. The first-order valence-corrected chi connectivity index (χ1v) is 6.53. The van der Waals surface area contributed by atoms with Gasteiger partial charge in [0.15, 0.2) is 0 Å². The number of amides is 1. The number of aliphatic carboxylic acids is 1. The molecule has 0 radical (unpaired) electrons. The van der Waals surface area contributed by atoms with Crippen LogP contribution in [0.4, 0.5) is 5.69 Å². The Balaban J connectivity index is 2.62. The molecule has 0 heterocycles. The van der Waals surface area contributed by atoms with Crippen LogP contribution in [0.1, 0.15) is 5.56 Å². The lowest BCUT2D eigenvalue weighted by Gasteiger charge is -2.10. The monoisotopic (exact) mass is 379 g/mol. The van der Waals surface area contributed by atoms with Crippen molar-refractivity contribution in [2.45, 2.75) is 6.92 Å². The summed E-state index contributed by atoms with van der Waals surface area (Å²) in [5.74, 6) is -1.53. The van der Waals surface area contributed by atoms with Crippen molar-refractivity contribution in [3.63, 3.8) is 0 Å². The number of carboxylic acid groups (broad SMARTS) is 1. The van der Waals surface area contributed by atoms with E-state index in [1.165, 1.54) is 0 Å². The van der Waals surface area contributed by atoms with Gasteiger partial charge in [0.25, 0.3) is 0 Å². The number of carbonyl (C=O) groups excluding carboxylic acids is 1. The van der Waals surface area contributed by atoms with Gasteiger partial charge in [-0.15, -0.1) is 0 Å². The number of anilines is 1. The molecule has 0 spiro atoms. The van der Waals surface area contributed by atoms with Gasteiger partial charge in [-0.2, -0.15) is 0 Å². The molecule has 0 bridgehead atoms. The highest BCUT2D eigenvalue weighted by Gasteiger charge is 2.10. The highest BCUT2D eigenvalue weighted by atomic mass is 79.9. The van der Waals surface area contributed by atoms with E-state index in [-0.39, 0.29) is 6.61 Å². The summed E-state index contributed by atoms with van der Waals surface area (Å²) in [6.07, 6.45) is 0. The number of nitrogens with one attached hydrogen (secondary N) is 1. The van der Waals surface area contributed by atoms with Crippen molar-refractivity contribution in [1.82, 2.24) is 0 Å². The zero-order chi connectivity index (χ0) is 13.7. The Hall–Kier alpha value is -0.920. The Kier molecular flexibility index (Phi) is 5.77. The maximum absolute atomic E-state index is 11.5. The summed E-state index contributed by atoms with van der Waals surface area (Å²) in [5.41, 5.74) is 1.62. The third-order valence-electron chi connectivity index (χ3n) is 1.91. The summed E-state index contributed by atoms with van der Waals surface area (Å²) in [6, 6.07) is 3.72. The molecule has 0 aliphatic heterocycles. The summed E-state index contributed by atoms with van der Waals surface area (Å²) >= 11 is 6.68. The second kappa shape index (κ2) is 6.86. The normalized spacial score (nSPS) is 10.2. The average Bonchev–Trinajstić information content (AvgIpc) is 2.22. The van der Waals surface area contributed by atoms with Gasteiger partial charge in [0.1, 0.15) is 13.2 Å². The van der Waals surface area contributed by atoms with Crippen LogP contribution in [0, 0.1) is 6.92 Å². The number of hydrogen-bond donors (Lipinski definition) is 2. The van der Waals surface area contributed by atoms with Gasteiger partial charge in [-0.3, -0.25) is 4.79 Å². The van der Waals surface area contributed by atoms with Gasteiger partial charge in [0.05, 0.1) is 5.69 Å². The van der Waals surface area contributed by atoms with Crippen molar-refractivity contribution in [3.05, 3.63) is 26.6 Å². The molecule has 98 valence electrons. The molecule has 0 saturated carbocycles. The molecule has 0 aliphatic rings. The maximum Gasteiger partial charge on any atom is 0.329 e. The van der Waals surface area contributed by atoms with Gasteiger partial charge in [0.2, 0.25) is 5.91 Å². The number of carbonyl (C=O) groups is 2. The molecular formula is C11H11Br2NO4. The Morgan fingerprint density at radius 3 is 2.33 bits per heavy atom. The maximum atomic E-state index is 11.5. The van der Waals surface area contributed by atoms with E-state index < -0.39 is 18.5 Å². The third kappa shape index (κ3) is 4.75. The van der Waals surface area contributed by atoms with Crippen molar-refractivity contribution in [3.8, 4) is 0 Å². The van der Waals surface area contributed by atoms with E-state index in [9.17, 15) is 9.59 Å². The summed E-state index contributed by atoms with van der Waals surface area (Å²) in [6.45, 7) is 1.12. The van der Waals surface area contributed by atoms with E-state index in [1.807, 2.05) is 19.1 Å². The zero-order valence-corrected chi connectivity index (χ0v) is 12.7. The fourth-order valence-electron chi connectivity index (χ4n) is 1.23. The summed E-state index contributed by atoms with van der Waals surface area (Å²) in [5, 5.41) is 11.0. The number of ether oxygens (including phenoxy) is 1. The van der Waals surface area contributed by atoms with E-state index in [4.69, 9.17) is 9.84 Å². The Morgan fingerprint density at radius 1 is 1.28 bits per heavy atom. The van der Waals surface area contributed by atoms with Crippen LogP contribution in [0.3, 0.4) is 0 Å². The van der Waals surface area contributed by atoms with Gasteiger partial charge in [-0.1, -0.05) is 0 Å².